The SMILES string of the molecule is CN(C(=O)OCC1c2ccccc2-c2ccccc21)C(C)(C(=O)O)c1ccc(-c2ccccc2)cc1. The molecule has 1 atom stereocenters. The molecule has 5 heteroatoms. The number of nitrogens with zero attached hydrogens (tertiary/aromatic N) is 1. The van der Waals surface area contributed by atoms with Crippen molar-refractivity contribution in [2.45, 2.75) is 18.4 Å². The maximum atomic E-state index is 13.2. The number of carbonyl (C=O) groups excluding carboxylic acids is 1. The third-order valence-electron chi connectivity index (χ3n) is 7.25. The normalized spacial score (nSPS) is 13.8. The Morgan fingerprint density at radius 3 is 1.83 bits per heavy atom. The van der Waals surface area contributed by atoms with Crippen molar-refractivity contribution in [3.05, 3.63) is 120 Å². The van der Waals surface area contributed by atoms with Gasteiger partial charge < -0.3 is 9.84 Å². The summed E-state index contributed by atoms with van der Waals surface area (Å²) in [6, 6.07) is 33.3. The average Bonchev–Trinajstić information content (AvgIpc) is 3.25. The zero-order chi connectivity index (χ0) is 25.3. The molecule has 1 aliphatic rings. The van der Waals surface area contributed by atoms with Crippen LogP contribution in [0.5, 0.6) is 0 Å². The first kappa shape index (κ1) is 23.4. The van der Waals surface area contributed by atoms with Crippen LogP contribution in [-0.2, 0) is 15.1 Å². The van der Waals surface area contributed by atoms with Crippen LogP contribution in [0.15, 0.2) is 103 Å². The molecule has 0 heterocycles. The van der Waals surface area contributed by atoms with Crippen molar-refractivity contribution < 1.29 is 19.4 Å². The van der Waals surface area contributed by atoms with E-state index in [4.69, 9.17) is 4.74 Å². The summed E-state index contributed by atoms with van der Waals surface area (Å²) in [6.07, 6.45) is -0.686. The average molecular weight is 478 g/mol. The molecule has 0 saturated carbocycles. The third-order valence-corrected chi connectivity index (χ3v) is 7.25. The Hall–Kier alpha value is -4.38. The Labute approximate surface area is 210 Å². The number of carboxylic acids is 1. The molecule has 0 saturated heterocycles. The van der Waals surface area contributed by atoms with E-state index in [0.29, 0.717) is 5.56 Å². The Balaban J connectivity index is 1.36. The summed E-state index contributed by atoms with van der Waals surface area (Å²) in [6.45, 7) is 1.65. The zero-order valence-corrected chi connectivity index (χ0v) is 20.2. The maximum absolute atomic E-state index is 13.2. The summed E-state index contributed by atoms with van der Waals surface area (Å²) >= 11 is 0. The summed E-state index contributed by atoms with van der Waals surface area (Å²) in [5.41, 5.74) is 5.37. The molecule has 0 fully saturated rings. The van der Waals surface area contributed by atoms with Gasteiger partial charge in [0.15, 0.2) is 5.54 Å². The minimum Gasteiger partial charge on any atom is -0.479 e. The summed E-state index contributed by atoms with van der Waals surface area (Å²) in [4.78, 5) is 26.8. The second kappa shape index (κ2) is 9.34. The minimum absolute atomic E-state index is 0.101. The number of carboxylic acid groups (broad SMARTS) is 1. The van der Waals surface area contributed by atoms with Crippen molar-refractivity contribution in [2.24, 2.45) is 0 Å². The lowest BCUT2D eigenvalue weighted by atomic mass is 9.89. The first-order valence-corrected chi connectivity index (χ1v) is 11.9. The molecule has 180 valence electrons. The van der Waals surface area contributed by atoms with Gasteiger partial charge >= 0.3 is 12.1 Å². The molecule has 0 bridgehead atoms. The first-order chi connectivity index (χ1) is 17.4. The number of amides is 1. The van der Waals surface area contributed by atoms with E-state index in [1.165, 1.54) is 18.9 Å². The highest BCUT2D eigenvalue weighted by Gasteiger charge is 2.43. The first-order valence-electron chi connectivity index (χ1n) is 11.9. The molecule has 1 N–H and O–H groups in total. The molecule has 1 aliphatic carbocycles. The fourth-order valence-corrected chi connectivity index (χ4v) is 4.95. The minimum atomic E-state index is -1.60. The van der Waals surface area contributed by atoms with Crippen molar-refractivity contribution in [2.75, 3.05) is 13.7 Å². The number of hydrogen-bond donors (Lipinski definition) is 1. The smallest absolute Gasteiger partial charge is 0.410 e. The fraction of sp³-hybridized carbons (Fsp3) is 0.161. The van der Waals surface area contributed by atoms with Crippen LogP contribution in [-0.4, -0.2) is 35.7 Å². The zero-order valence-electron chi connectivity index (χ0n) is 20.2. The largest absolute Gasteiger partial charge is 0.479 e. The molecule has 4 aromatic rings. The lowest BCUT2D eigenvalue weighted by molar-refractivity contribution is -0.149. The van der Waals surface area contributed by atoms with E-state index in [0.717, 1.165) is 33.4 Å². The van der Waals surface area contributed by atoms with Crippen LogP contribution in [0.25, 0.3) is 22.3 Å². The number of likely N-dealkylation sites (N-methyl/N-ethyl adjacent to an activating group) is 1. The van der Waals surface area contributed by atoms with E-state index >= 15 is 0 Å². The summed E-state index contributed by atoms with van der Waals surface area (Å²) in [5.74, 6) is -1.23. The van der Waals surface area contributed by atoms with E-state index in [-0.39, 0.29) is 12.5 Å². The van der Waals surface area contributed by atoms with Gasteiger partial charge in [-0.2, -0.15) is 0 Å². The van der Waals surface area contributed by atoms with Crippen LogP contribution in [0.4, 0.5) is 4.79 Å². The van der Waals surface area contributed by atoms with E-state index in [2.05, 4.69) is 12.1 Å². The highest BCUT2D eigenvalue weighted by atomic mass is 16.6. The predicted molar refractivity (Wildman–Crippen MR) is 140 cm³/mol. The monoisotopic (exact) mass is 477 g/mol. The van der Waals surface area contributed by atoms with Crippen molar-refractivity contribution in [3.63, 3.8) is 0 Å². The standard InChI is InChI=1S/C31H27NO4/c1-31(29(33)34,23-18-16-22(17-19-23)21-10-4-3-5-11-21)32(2)30(35)36-20-28-26-14-8-6-12-24(26)25-13-7-9-15-27(25)28/h3-19,28H,20H2,1-2H3,(H,33,34). The molecule has 4 aromatic carbocycles. The number of rotatable bonds is 6. The highest BCUT2D eigenvalue weighted by molar-refractivity contribution is 5.86. The van der Waals surface area contributed by atoms with Gasteiger partial charge in [0.2, 0.25) is 0 Å². The second-order valence-electron chi connectivity index (χ2n) is 9.18. The van der Waals surface area contributed by atoms with Gasteiger partial charge in [-0.15, -0.1) is 0 Å². The van der Waals surface area contributed by atoms with Gasteiger partial charge in [0, 0.05) is 13.0 Å². The van der Waals surface area contributed by atoms with Crippen LogP contribution in [0, 0.1) is 0 Å². The Morgan fingerprint density at radius 1 is 0.778 bits per heavy atom. The van der Waals surface area contributed by atoms with Gasteiger partial charge in [-0.05, 0) is 45.9 Å². The van der Waals surface area contributed by atoms with E-state index < -0.39 is 17.6 Å². The van der Waals surface area contributed by atoms with Crippen LogP contribution in [0.3, 0.4) is 0 Å². The topological polar surface area (TPSA) is 66.8 Å². The molecule has 5 nitrogen and oxygen atoms in total. The molecule has 1 amide bonds. The number of fused-ring (bicyclic) bond motifs is 3. The van der Waals surface area contributed by atoms with Gasteiger partial charge in [0.05, 0.1) is 0 Å². The molecular weight excluding hydrogens is 450 g/mol. The summed E-state index contributed by atoms with van der Waals surface area (Å²) in [7, 11) is 1.47. The molecule has 0 spiro atoms. The quantitative estimate of drug-likeness (QED) is 0.343. The number of hydrogen-bond acceptors (Lipinski definition) is 3. The van der Waals surface area contributed by atoms with Crippen LogP contribution in [0.2, 0.25) is 0 Å². The van der Waals surface area contributed by atoms with Gasteiger partial charge in [0.25, 0.3) is 0 Å². The lowest BCUT2D eigenvalue weighted by Crippen LogP contribution is -2.51. The number of carbonyl (C=O) groups is 2. The van der Waals surface area contributed by atoms with Crippen LogP contribution in [0.1, 0.15) is 29.5 Å². The Bertz CT molecular complexity index is 1370. The Kier molecular flexibility index (Phi) is 6.06. The van der Waals surface area contributed by atoms with Crippen LogP contribution >= 0.6 is 0 Å². The van der Waals surface area contributed by atoms with Gasteiger partial charge in [0.1, 0.15) is 6.61 Å². The number of benzene rings is 4. The molecule has 0 radical (unpaired) electrons. The summed E-state index contributed by atoms with van der Waals surface area (Å²) in [5, 5.41) is 10.2. The van der Waals surface area contributed by atoms with Gasteiger partial charge in [-0.1, -0.05) is 103 Å². The highest BCUT2D eigenvalue weighted by Crippen LogP contribution is 2.44. The lowest BCUT2D eigenvalue weighted by Gasteiger charge is -2.35. The molecular formula is C31H27NO4. The van der Waals surface area contributed by atoms with E-state index in [1.807, 2.05) is 78.9 Å². The van der Waals surface area contributed by atoms with Crippen LogP contribution < -0.4 is 0 Å². The van der Waals surface area contributed by atoms with Crippen molar-refractivity contribution in [1.82, 2.24) is 4.90 Å². The molecule has 0 aromatic heterocycles. The van der Waals surface area contributed by atoms with Crippen molar-refractivity contribution in [1.29, 1.82) is 0 Å². The van der Waals surface area contributed by atoms with E-state index in [9.17, 15) is 14.7 Å². The summed E-state index contributed by atoms with van der Waals surface area (Å²) < 4.78 is 5.74. The predicted octanol–water partition coefficient (Wildman–Crippen LogP) is 6.53. The van der Waals surface area contributed by atoms with Crippen molar-refractivity contribution >= 4 is 12.1 Å². The Morgan fingerprint density at radius 2 is 1.28 bits per heavy atom. The maximum Gasteiger partial charge on any atom is 0.410 e. The number of aliphatic carboxylic acids is 1. The molecule has 0 aliphatic heterocycles. The van der Waals surface area contributed by atoms with Gasteiger partial charge in [-0.3, -0.25) is 4.90 Å². The molecule has 36 heavy (non-hydrogen) atoms. The van der Waals surface area contributed by atoms with Gasteiger partial charge in [-0.25, -0.2) is 9.59 Å². The number of ether oxygens (including phenoxy) is 1. The van der Waals surface area contributed by atoms with Crippen molar-refractivity contribution in [3.8, 4) is 22.3 Å². The fourth-order valence-electron chi connectivity index (χ4n) is 4.95. The third kappa shape index (κ3) is 3.93. The second-order valence-corrected chi connectivity index (χ2v) is 9.18. The van der Waals surface area contributed by atoms with E-state index in [1.54, 1.807) is 12.1 Å². The molecule has 5 rings (SSSR count). The molecule has 1 unspecified atom stereocenters.